The molecule has 3 amide bonds. The summed E-state index contributed by atoms with van der Waals surface area (Å²) in [6.45, 7) is 5.91. The van der Waals surface area contributed by atoms with Crippen LogP contribution in [0.1, 0.15) is 27.8 Å². The van der Waals surface area contributed by atoms with Crippen molar-refractivity contribution in [3.63, 3.8) is 0 Å². The van der Waals surface area contributed by atoms with Gasteiger partial charge in [0.2, 0.25) is 0 Å². The minimum atomic E-state index is -0.338. The summed E-state index contributed by atoms with van der Waals surface area (Å²) in [5, 5.41) is 2.56. The van der Waals surface area contributed by atoms with Crippen LogP contribution in [0.3, 0.4) is 0 Å². The summed E-state index contributed by atoms with van der Waals surface area (Å²) in [5.74, 6) is 0.148. The van der Waals surface area contributed by atoms with E-state index in [1.165, 1.54) is 12.0 Å². The topological polar surface area (TPSA) is 84.9 Å². The van der Waals surface area contributed by atoms with Crippen LogP contribution in [0.25, 0.3) is 6.08 Å². The van der Waals surface area contributed by atoms with Crippen LogP contribution in [0.4, 0.5) is 10.5 Å². The number of rotatable bonds is 8. The summed E-state index contributed by atoms with van der Waals surface area (Å²) in [6, 6.07) is 16.6. The van der Waals surface area contributed by atoms with E-state index >= 15 is 0 Å². The molecule has 0 aliphatic carbocycles. The second-order valence-corrected chi connectivity index (χ2v) is 10.7. The van der Waals surface area contributed by atoms with Crippen molar-refractivity contribution in [2.75, 3.05) is 19.0 Å². The van der Waals surface area contributed by atoms with Crippen molar-refractivity contribution in [1.82, 2.24) is 4.90 Å². The first-order valence-electron chi connectivity index (χ1n) is 11.8. The van der Waals surface area contributed by atoms with Gasteiger partial charge < -0.3 is 14.8 Å². The summed E-state index contributed by atoms with van der Waals surface area (Å²) >= 11 is 4.39. The third-order valence-corrected chi connectivity index (χ3v) is 7.94. The average molecular weight is 596 g/mol. The number of nitrogens with one attached hydrogen (secondary N) is 1. The highest BCUT2D eigenvalue weighted by molar-refractivity contribution is 9.10. The van der Waals surface area contributed by atoms with Gasteiger partial charge in [-0.25, -0.2) is 0 Å². The Morgan fingerprint density at radius 3 is 2.45 bits per heavy atom. The summed E-state index contributed by atoms with van der Waals surface area (Å²) in [6.07, 6.45) is 1.65. The van der Waals surface area contributed by atoms with Crippen LogP contribution < -0.4 is 14.8 Å². The highest BCUT2D eigenvalue weighted by atomic mass is 79.9. The van der Waals surface area contributed by atoms with E-state index in [0.717, 1.165) is 44.2 Å². The Kier molecular flexibility index (Phi) is 8.58. The number of hydrogen-bond acceptors (Lipinski definition) is 6. The molecule has 0 saturated carbocycles. The van der Waals surface area contributed by atoms with E-state index in [-0.39, 0.29) is 30.2 Å². The van der Waals surface area contributed by atoms with Crippen LogP contribution in [-0.4, -0.2) is 35.7 Å². The van der Waals surface area contributed by atoms with Crippen LogP contribution in [0.15, 0.2) is 64.0 Å². The first-order valence-corrected chi connectivity index (χ1v) is 13.4. The van der Waals surface area contributed by atoms with Gasteiger partial charge in [0, 0.05) is 10.2 Å². The third kappa shape index (κ3) is 6.28. The first kappa shape index (κ1) is 27.5. The van der Waals surface area contributed by atoms with Gasteiger partial charge in [-0.2, -0.15) is 0 Å². The highest BCUT2D eigenvalue weighted by Gasteiger charge is 2.35. The van der Waals surface area contributed by atoms with Gasteiger partial charge in [-0.3, -0.25) is 19.3 Å². The molecule has 38 heavy (non-hydrogen) atoms. The fourth-order valence-corrected chi connectivity index (χ4v) is 5.08. The van der Waals surface area contributed by atoms with Crippen molar-refractivity contribution in [3.05, 3.63) is 91.8 Å². The maximum absolute atomic E-state index is 12.9. The standard InChI is InChI=1S/C29H27BrN2O5S/c1-17-5-7-20(8-6-17)15-32-28(34)26(38-29(32)35)14-21-9-12-24(25(13-21)36-4)37-16-27(33)31-23-11-10-22(30)18(2)19(23)3/h5-14H,15-16H2,1-4H3,(H,31,33)/b26-14-. The van der Waals surface area contributed by atoms with Crippen molar-refractivity contribution in [1.29, 1.82) is 0 Å². The molecule has 1 fully saturated rings. The quantitative estimate of drug-likeness (QED) is 0.294. The van der Waals surface area contributed by atoms with Gasteiger partial charge in [-0.15, -0.1) is 0 Å². The molecular weight excluding hydrogens is 568 g/mol. The number of carbonyl (C=O) groups excluding carboxylic acids is 3. The predicted molar refractivity (Wildman–Crippen MR) is 153 cm³/mol. The Morgan fingerprint density at radius 2 is 1.74 bits per heavy atom. The lowest BCUT2D eigenvalue weighted by atomic mass is 10.1. The number of anilines is 1. The molecule has 0 bridgehead atoms. The van der Waals surface area contributed by atoms with Crippen LogP contribution in [0.2, 0.25) is 0 Å². The lowest BCUT2D eigenvalue weighted by molar-refractivity contribution is -0.123. The molecule has 0 atom stereocenters. The Balaban J connectivity index is 1.42. The average Bonchev–Trinajstić information content (AvgIpc) is 3.16. The molecule has 3 aromatic carbocycles. The number of imide groups is 1. The van der Waals surface area contributed by atoms with Crippen LogP contribution in [-0.2, 0) is 16.1 Å². The van der Waals surface area contributed by atoms with Crippen molar-refractivity contribution in [2.24, 2.45) is 0 Å². The van der Waals surface area contributed by atoms with Crippen LogP contribution >= 0.6 is 27.7 Å². The van der Waals surface area contributed by atoms with E-state index in [2.05, 4.69) is 21.2 Å². The maximum Gasteiger partial charge on any atom is 0.293 e. The number of benzene rings is 3. The zero-order chi connectivity index (χ0) is 27.4. The minimum Gasteiger partial charge on any atom is -0.493 e. The van der Waals surface area contributed by atoms with Gasteiger partial charge in [0.1, 0.15) is 0 Å². The molecule has 1 aliphatic heterocycles. The fraction of sp³-hybridized carbons (Fsp3) is 0.207. The van der Waals surface area contributed by atoms with Gasteiger partial charge in [-0.05, 0) is 85.1 Å². The molecule has 4 rings (SSSR count). The number of thioether (sulfide) groups is 1. The lowest BCUT2D eigenvalue weighted by Gasteiger charge is -2.14. The molecule has 3 aromatic rings. The second-order valence-electron chi connectivity index (χ2n) is 8.85. The molecule has 0 radical (unpaired) electrons. The third-order valence-electron chi connectivity index (χ3n) is 6.17. The van der Waals surface area contributed by atoms with Gasteiger partial charge in [-0.1, -0.05) is 51.8 Å². The molecule has 1 aliphatic rings. The number of aryl methyl sites for hydroxylation is 1. The predicted octanol–water partition coefficient (Wildman–Crippen LogP) is 6.64. The SMILES string of the molecule is COc1cc(/C=C2\SC(=O)N(Cc3ccc(C)cc3)C2=O)ccc1OCC(=O)Nc1ccc(Br)c(C)c1C. The fourth-order valence-electron chi connectivity index (χ4n) is 3.81. The molecule has 7 nitrogen and oxygen atoms in total. The zero-order valence-corrected chi connectivity index (χ0v) is 23.9. The molecule has 1 saturated heterocycles. The lowest BCUT2D eigenvalue weighted by Crippen LogP contribution is -2.27. The van der Waals surface area contributed by atoms with Gasteiger partial charge in [0.05, 0.1) is 18.6 Å². The number of hydrogen-bond donors (Lipinski definition) is 1. The molecule has 0 unspecified atom stereocenters. The summed E-state index contributed by atoms with van der Waals surface area (Å²) in [7, 11) is 1.50. The summed E-state index contributed by atoms with van der Waals surface area (Å²) in [4.78, 5) is 39.5. The molecule has 1 heterocycles. The number of ether oxygens (including phenoxy) is 2. The molecule has 9 heteroatoms. The van der Waals surface area contributed by atoms with E-state index in [0.29, 0.717) is 22.0 Å². The maximum atomic E-state index is 12.9. The van der Waals surface area contributed by atoms with Crippen molar-refractivity contribution in [2.45, 2.75) is 27.3 Å². The monoisotopic (exact) mass is 594 g/mol. The molecular formula is C29H27BrN2O5S. The Bertz CT molecular complexity index is 1440. The summed E-state index contributed by atoms with van der Waals surface area (Å²) < 4.78 is 12.1. The highest BCUT2D eigenvalue weighted by Crippen LogP contribution is 2.35. The van der Waals surface area contributed by atoms with Crippen molar-refractivity contribution in [3.8, 4) is 11.5 Å². The van der Waals surface area contributed by atoms with Crippen LogP contribution in [0.5, 0.6) is 11.5 Å². The number of carbonyl (C=O) groups is 3. The van der Waals surface area contributed by atoms with Crippen LogP contribution in [0, 0.1) is 20.8 Å². The largest absolute Gasteiger partial charge is 0.493 e. The minimum absolute atomic E-state index is 0.206. The Hall–Kier alpha value is -3.56. The van der Waals surface area contributed by atoms with Gasteiger partial charge in [0.15, 0.2) is 18.1 Å². The molecule has 1 N–H and O–H groups in total. The first-order chi connectivity index (χ1) is 18.2. The normalized spacial score (nSPS) is 14.2. The smallest absolute Gasteiger partial charge is 0.293 e. The number of amides is 3. The van der Waals surface area contributed by atoms with E-state index in [4.69, 9.17) is 9.47 Å². The molecule has 0 spiro atoms. The second kappa shape index (κ2) is 11.9. The number of halogens is 1. The van der Waals surface area contributed by atoms with E-state index in [1.54, 1.807) is 24.3 Å². The molecule has 196 valence electrons. The molecule has 0 aromatic heterocycles. The van der Waals surface area contributed by atoms with E-state index < -0.39 is 0 Å². The summed E-state index contributed by atoms with van der Waals surface area (Å²) in [5.41, 5.74) is 5.40. The Labute approximate surface area is 234 Å². The van der Waals surface area contributed by atoms with Crippen molar-refractivity contribution >= 4 is 56.5 Å². The number of methoxy groups -OCH3 is 1. The van der Waals surface area contributed by atoms with E-state index in [1.807, 2.05) is 57.2 Å². The van der Waals surface area contributed by atoms with Crippen molar-refractivity contribution < 1.29 is 23.9 Å². The van der Waals surface area contributed by atoms with E-state index in [9.17, 15) is 14.4 Å². The number of nitrogens with zero attached hydrogens (tertiary/aromatic N) is 1. The zero-order valence-electron chi connectivity index (χ0n) is 21.5. The Morgan fingerprint density at radius 1 is 1.00 bits per heavy atom. The van der Waals surface area contributed by atoms with Gasteiger partial charge in [0.25, 0.3) is 17.1 Å². The van der Waals surface area contributed by atoms with Gasteiger partial charge >= 0.3 is 0 Å².